The monoisotopic (exact) mass is 249 g/mol. The standard InChI is InChI=1S/C12H15F4N/c1-11(2,3)10(17)8-6-7(13)4-5-9(8)12(14,15)16/h4-6,10H,17H2,1-3H3. The van der Waals surface area contributed by atoms with Gasteiger partial charge in [-0.15, -0.1) is 0 Å². The van der Waals surface area contributed by atoms with Crippen molar-refractivity contribution in [2.45, 2.75) is 33.0 Å². The molecule has 2 N–H and O–H groups in total. The molecule has 0 saturated heterocycles. The highest BCUT2D eigenvalue weighted by Gasteiger charge is 2.37. The smallest absolute Gasteiger partial charge is 0.323 e. The SMILES string of the molecule is CC(C)(C)C(N)c1cc(F)ccc1C(F)(F)F. The molecule has 1 atom stereocenters. The Hall–Kier alpha value is -1.10. The topological polar surface area (TPSA) is 26.0 Å². The number of benzene rings is 1. The van der Waals surface area contributed by atoms with Crippen molar-refractivity contribution in [3.63, 3.8) is 0 Å². The number of alkyl halides is 3. The highest BCUT2D eigenvalue weighted by molar-refractivity contribution is 5.33. The number of nitrogens with two attached hydrogens (primary N) is 1. The van der Waals surface area contributed by atoms with Gasteiger partial charge >= 0.3 is 6.18 Å². The highest BCUT2D eigenvalue weighted by atomic mass is 19.4. The van der Waals surface area contributed by atoms with E-state index in [4.69, 9.17) is 5.73 Å². The molecular weight excluding hydrogens is 234 g/mol. The molecule has 0 aliphatic carbocycles. The van der Waals surface area contributed by atoms with Crippen LogP contribution in [0.5, 0.6) is 0 Å². The van der Waals surface area contributed by atoms with Crippen molar-refractivity contribution < 1.29 is 17.6 Å². The summed E-state index contributed by atoms with van der Waals surface area (Å²) in [6.07, 6.45) is -4.52. The van der Waals surface area contributed by atoms with E-state index in [2.05, 4.69) is 0 Å². The van der Waals surface area contributed by atoms with E-state index in [1.54, 1.807) is 20.8 Å². The summed E-state index contributed by atoms with van der Waals surface area (Å²) in [5, 5.41) is 0. The molecule has 0 aliphatic heterocycles. The largest absolute Gasteiger partial charge is 0.416 e. The molecule has 1 aromatic carbocycles. The summed E-state index contributed by atoms with van der Waals surface area (Å²) in [6, 6.07) is 1.51. The number of halogens is 4. The summed E-state index contributed by atoms with van der Waals surface area (Å²) in [5.41, 5.74) is 4.12. The maximum absolute atomic E-state index is 13.1. The fraction of sp³-hybridized carbons (Fsp3) is 0.500. The molecule has 0 saturated carbocycles. The van der Waals surface area contributed by atoms with Crippen molar-refractivity contribution in [3.05, 3.63) is 35.1 Å². The zero-order valence-corrected chi connectivity index (χ0v) is 9.90. The lowest BCUT2D eigenvalue weighted by Crippen LogP contribution is -2.29. The Kier molecular flexibility index (Phi) is 3.52. The number of hydrogen-bond acceptors (Lipinski definition) is 1. The molecule has 1 nitrogen and oxygen atoms in total. The first kappa shape index (κ1) is 14.0. The predicted molar refractivity (Wildman–Crippen MR) is 57.8 cm³/mol. The second-order valence-corrected chi connectivity index (χ2v) is 5.07. The summed E-state index contributed by atoms with van der Waals surface area (Å²) < 4.78 is 51.3. The van der Waals surface area contributed by atoms with Gasteiger partial charge in [0.05, 0.1) is 5.56 Å². The van der Waals surface area contributed by atoms with Crippen molar-refractivity contribution in [1.29, 1.82) is 0 Å². The zero-order chi connectivity index (χ0) is 13.4. The van der Waals surface area contributed by atoms with Crippen LogP contribution in [-0.4, -0.2) is 0 Å². The average Bonchev–Trinajstić information content (AvgIpc) is 2.13. The van der Waals surface area contributed by atoms with Gasteiger partial charge in [0.2, 0.25) is 0 Å². The number of hydrogen-bond donors (Lipinski definition) is 1. The minimum absolute atomic E-state index is 0.204. The molecule has 0 heterocycles. The van der Waals surface area contributed by atoms with E-state index in [0.29, 0.717) is 0 Å². The Morgan fingerprint density at radius 1 is 1.12 bits per heavy atom. The fourth-order valence-corrected chi connectivity index (χ4v) is 1.52. The van der Waals surface area contributed by atoms with E-state index in [-0.39, 0.29) is 5.56 Å². The van der Waals surface area contributed by atoms with Gasteiger partial charge in [-0.3, -0.25) is 0 Å². The van der Waals surface area contributed by atoms with Crippen LogP contribution in [0.1, 0.15) is 37.9 Å². The fourth-order valence-electron chi connectivity index (χ4n) is 1.52. The van der Waals surface area contributed by atoms with Crippen molar-refractivity contribution in [2.75, 3.05) is 0 Å². The summed E-state index contributed by atoms with van der Waals surface area (Å²) in [7, 11) is 0. The van der Waals surface area contributed by atoms with Crippen LogP contribution < -0.4 is 5.73 Å². The zero-order valence-electron chi connectivity index (χ0n) is 9.90. The Bertz CT molecular complexity index is 404. The molecule has 1 rings (SSSR count). The maximum Gasteiger partial charge on any atom is 0.416 e. The van der Waals surface area contributed by atoms with Crippen molar-refractivity contribution in [3.8, 4) is 0 Å². The number of rotatable bonds is 1. The van der Waals surface area contributed by atoms with Crippen LogP contribution >= 0.6 is 0 Å². The average molecular weight is 249 g/mol. The van der Waals surface area contributed by atoms with Gasteiger partial charge in [0.25, 0.3) is 0 Å². The van der Waals surface area contributed by atoms with E-state index in [0.717, 1.165) is 18.2 Å². The third-order valence-corrected chi connectivity index (χ3v) is 2.59. The van der Waals surface area contributed by atoms with Gasteiger partial charge in [0, 0.05) is 6.04 Å². The Morgan fingerprint density at radius 2 is 1.65 bits per heavy atom. The van der Waals surface area contributed by atoms with Gasteiger partial charge < -0.3 is 5.73 Å². The van der Waals surface area contributed by atoms with Crippen LogP contribution in [0.3, 0.4) is 0 Å². The summed E-state index contributed by atoms with van der Waals surface area (Å²) in [4.78, 5) is 0. The Labute approximate surface area is 97.6 Å². The lowest BCUT2D eigenvalue weighted by atomic mass is 9.81. The van der Waals surface area contributed by atoms with E-state index in [1.165, 1.54) is 0 Å². The normalized spacial score (nSPS) is 14.8. The molecule has 0 fully saturated rings. The molecular formula is C12H15F4N. The molecule has 1 aromatic rings. The molecule has 0 aromatic heterocycles. The van der Waals surface area contributed by atoms with Gasteiger partial charge in [-0.1, -0.05) is 20.8 Å². The van der Waals surface area contributed by atoms with Gasteiger partial charge in [0.1, 0.15) is 5.82 Å². The Morgan fingerprint density at radius 3 is 2.06 bits per heavy atom. The second kappa shape index (κ2) is 4.29. The quantitative estimate of drug-likeness (QED) is 0.751. The molecule has 17 heavy (non-hydrogen) atoms. The van der Waals surface area contributed by atoms with Crippen LogP contribution in [0.4, 0.5) is 17.6 Å². The van der Waals surface area contributed by atoms with Crippen LogP contribution in [0.2, 0.25) is 0 Å². The van der Waals surface area contributed by atoms with E-state index < -0.39 is 29.0 Å². The predicted octanol–water partition coefficient (Wildman–Crippen LogP) is 3.89. The molecule has 0 spiro atoms. The maximum atomic E-state index is 13.1. The van der Waals surface area contributed by atoms with E-state index in [9.17, 15) is 17.6 Å². The molecule has 0 amide bonds. The van der Waals surface area contributed by atoms with Crippen molar-refractivity contribution >= 4 is 0 Å². The van der Waals surface area contributed by atoms with E-state index >= 15 is 0 Å². The van der Waals surface area contributed by atoms with Gasteiger partial charge in [-0.05, 0) is 29.2 Å². The second-order valence-electron chi connectivity index (χ2n) is 5.07. The molecule has 0 aliphatic rings. The lowest BCUT2D eigenvalue weighted by molar-refractivity contribution is -0.138. The van der Waals surface area contributed by atoms with E-state index in [1.807, 2.05) is 0 Å². The third-order valence-electron chi connectivity index (χ3n) is 2.59. The molecule has 1 unspecified atom stereocenters. The van der Waals surface area contributed by atoms with Crippen LogP contribution in [-0.2, 0) is 6.18 Å². The first-order valence-electron chi connectivity index (χ1n) is 5.15. The van der Waals surface area contributed by atoms with Crippen LogP contribution in [0.25, 0.3) is 0 Å². The molecule has 96 valence electrons. The first-order chi connectivity index (χ1) is 7.53. The van der Waals surface area contributed by atoms with Crippen LogP contribution in [0, 0.1) is 11.2 Å². The summed E-state index contributed by atoms with van der Waals surface area (Å²) >= 11 is 0. The highest BCUT2D eigenvalue weighted by Crippen LogP contribution is 2.39. The summed E-state index contributed by atoms with van der Waals surface area (Å²) in [5.74, 6) is -0.715. The third kappa shape index (κ3) is 3.19. The van der Waals surface area contributed by atoms with Gasteiger partial charge in [-0.2, -0.15) is 13.2 Å². The first-order valence-corrected chi connectivity index (χ1v) is 5.15. The molecule has 0 radical (unpaired) electrons. The van der Waals surface area contributed by atoms with Gasteiger partial charge in [-0.25, -0.2) is 4.39 Å². The lowest BCUT2D eigenvalue weighted by Gasteiger charge is -2.29. The summed E-state index contributed by atoms with van der Waals surface area (Å²) in [6.45, 7) is 5.13. The minimum Gasteiger partial charge on any atom is -0.323 e. The van der Waals surface area contributed by atoms with Crippen molar-refractivity contribution in [1.82, 2.24) is 0 Å². The van der Waals surface area contributed by atoms with Crippen LogP contribution in [0.15, 0.2) is 18.2 Å². The molecule has 5 heteroatoms. The van der Waals surface area contributed by atoms with Crippen molar-refractivity contribution in [2.24, 2.45) is 11.1 Å². The molecule has 0 bridgehead atoms. The Balaban J connectivity index is 3.35. The minimum atomic E-state index is -4.52. The van der Waals surface area contributed by atoms with Gasteiger partial charge in [0.15, 0.2) is 0 Å².